The lowest BCUT2D eigenvalue weighted by atomic mass is 9.85. The van der Waals surface area contributed by atoms with Crippen molar-refractivity contribution in [1.82, 2.24) is 9.97 Å². The van der Waals surface area contributed by atoms with Gasteiger partial charge in [-0.2, -0.15) is 0 Å². The predicted molar refractivity (Wildman–Crippen MR) is 73.1 cm³/mol. The summed E-state index contributed by atoms with van der Waals surface area (Å²) in [6.45, 7) is 12.8. The van der Waals surface area contributed by atoms with Crippen LogP contribution >= 0.6 is 0 Å². The maximum Gasteiger partial charge on any atom is 0.220 e. The van der Waals surface area contributed by atoms with Crippen LogP contribution in [0.25, 0.3) is 0 Å². The van der Waals surface area contributed by atoms with Gasteiger partial charge in [0.1, 0.15) is 11.9 Å². The first-order valence-electron chi connectivity index (χ1n) is 6.73. The van der Waals surface area contributed by atoms with Crippen LogP contribution in [0.3, 0.4) is 0 Å². The zero-order valence-corrected chi connectivity index (χ0v) is 12.4. The molecule has 0 bridgehead atoms. The lowest BCUT2D eigenvalue weighted by Gasteiger charge is -2.28. The minimum absolute atomic E-state index is 0.0137. The van der Waals surface area contributed by atoms with Gasteiger partial charge in [0.25, 0.3) is 0 Å². The van der Waals surface area contributed by atoms with Crippen LogP contribution in [0.5, 0.6) is 5.88 Å². The third-order valence-corrected chi connectivity index (χ3v) is 2.96. The van der Waals surface area contributed by atoms with Gasteiger partial charge in [0, 0.05) is 11.5 Å². The monoisotopic (exact) mass is 248 g/mol. The minimum atomic E-state index is -0.227. The van der Waals surface area contributed by atoms with Crippen molar-refractivity contribution < 1.29 is 4.74 Å². The van der Waals surface area contributed by atoms with Crippen molar-refractivity contribution in [3.8, 4) is 5.88 Å². The maximum atomic E-state index is 6.03. The van der Waals surface area contributed by atoms with Gasteiger partial charge in [-0.05, 0) is 39.0 Å². The van der Waals surface area contributed by atoms with Gasteiger partial charge < -0.3 is 4.74 Å². The summed E-state index contributed by atoms with van der Waals surface area (Å²) in [6, 6.07) is 0. The molecule has 1 aromatic rings. The van der Waals surface area contributed by atoms with Gasteiger partial charge in [-0.3, -0.25) is 0 Å². The molecular weight excluding hydrogens is 224 g/mol. The van der Waals surface area contributed by atoms with E-state index in [4.69, 9.17) is 4.74 Å². The third-order valence-electron chi connectivity index (χ3n) is 2.96. The van der Waals surface area contributed by atoms with E-state index in [1.807, 2.05) is 0 Å². The normalized spacial score (nSPS) is 16.8. The maximum absolute atomic E-state index is 6.03. The Kier molecular flexibility index (Phi) is 3.12. The van der Waals surface area contributed by atoms with E-state index in [1.165, 1.54) is 24.1 Å². The van der Waals surface area contributed by atoms with Crippen molar-refractivity contribution in [1.29, 1.82) is 0 Å². The van der Waals surface area contributed by atoms with Gasteiger partial charge in [0.05, 0.1) is 5.69 Å². The highest BCUT2D eigenvalue weighted by Crippen LogP contribution is 2.45. The van der Waals surface area contributed by atoms with Crippen molar-refractivity contribution in [2.75, 3.05) is 0 Å². The smallest absolute Gasteiger partial charge is 0.220 e. The molecule has 0 aliphatic heterocycles. The summed E-state index contributed by atoms with van der Waals surface area (Å²) < 4.78 is 6.03. The largest absolute Gasteiger partial charge is 0.472 e. The second kappa shape index (κ2) is 4.22. The fourth-order valence-corrected chi connectivity index (χ4v) is 2.12. The van der Waals surface area contributed by atoms with Gasteiger partial charge in [-0.1, -0.05) is 20.8 Å². The molecule has 3 nitrogen and oxygen atoms in total. The SMILES string of the molecule is CC(C)(C)Oc1ncnc(C2CC2)c1C(C)(C)C. The first-order chi connectivity index (χ1) is 8.18. The van der Waals surface area contributed by atoms with Gasteiger partial charge >= 0.3 is 0 Å². The summed E-state index contributed by atoms with van der Waals surface area (Å²) >= 11 is 0. The highest BCUT2D eigenvalue weighted by molar-refractivity contribution is 5.39. The first-order valence-corrected chi connectivity index (χ1v) is 6.73. The Bertz CT molecular complexity index is 437. The van der Waals surface area contributed by atoms with Crippen LogP contribution in [0.2, 0.25) is 0 Å². The predicted octanol–water partition coefficient (Wildman–Crippen LogP) is 3.83. The fraction of sp³-hybridized carbons (Fsp3) is 0.733. The molecule has 18 heavy (non-hydrogen) atoms. The molecule has 2 rings (SSSR count). The van der Waals surface area contributed by atoms with E-state index < -0.39 is 0 Å². The molecule has 1 aromatic heterocycles. The van der Waals surface area contributed by atoms with Crippen LogP contribution in [0, 0.1) is 0 Å². The summed E-state index contributed by atoms with van der Waals surface area (Å²) in [7, 11) is 0. The molecule has 0 amide bonds. The number of ether oxygens (including phenoxy) is 1. The van der Waals surface area contributed by atoms with Crippen LogP contribution in [0.1, 0.15) is 71.6 Å². The third kappa shape index (κ3) is 3.01. The highest BCUT2D eigenvalue weighted by atomic mass is 16.5. The van der Waals surface area contributed by atoms with Crippen molar-refractivity contribution in [2.24, 2.45) is 0 Å². The number of aromatic nitrogens is 2. The average molecular weight is 248 g/mol. The Labute approximate surface area is 110 Å². The second-order valence-electron chi connectivity index (χ2n) is 7.18. The zero-order chi connectivity index (χ0) is 13.6. The topological polar surface area (TPSA) is 35.0 Å². The molecule has 1 fully saturated rings. The molecule has 1 heterocycles. The van der Waals surface area contributed by atoms with Crippen LogP contribution < -0.4 is 4.74 Å². The summed E-state index contributed by atoms with van der Waals surface area (Å²) in [5, 5.41) is 0. The molecule has 0 atom stereocenters. The molecule has 0 N–H and O–H groups in total. The number of nitrogens with zero attached hydrogens (tertiary/aromatic N) is 2. The van der Waals surface area contributed by atoms with E-state index in [0.717, 1.165) is 5.88 Å². The van der Waals surface area contributed by atoms with Crippen molar-refractivity contribution in [2.45, 2.75) is 71.3 Å². The molecule has 0 radical (unpaired) electrons. The fourth-order valence-electron chi connectivity index (χ4n) is 2.12. The van der Waals surface area contributed by atoms with E-state index in [0.29, 0.717) is 5.92 Å². The Morgan fingerprint density at radius 2 is 1.67 bits per heavy atom. The molecule has 1 saturated carbocycles. The number of hydrogen-bond donors (Lipinski definition) is 0. The van der Waals surface area contributed by atoms with Crippen LogP contribution in [0.4, 0.5) is 0 Å². The average Bonchev–Trinajstić information content (AvgIpc) is 2.95. The summed E-state index contributed by atoms with van der Waals surface area (Å²) in [6.07, 6.45) is 4.13. The second-order valence-corrected chi connectivity index (χ2v) is 7.18. The molecule has 0 unspecified atom stereocenters. The van der Waals surface area contributed by atoms with E-state index in [9.17, 15) is 0 Å². The Morgan fingerprint density at radius 1 is 1.06 bits per heavy atom. The summed E-state index contributed by atoms with van der Waals surface area (Å²) in [5.74, 6) is 1.37. The van der Waals surface area contributed by atoms with Crippen LogP contribution in [-0.4, -0.2) is 15.6 Å². The van der Waals surface area contributed by atoms with Crippen LogP contribution in [-0.2, 0) is 5.41 Å². The Balaban J connectivity index is 2.48. The number of rotatable bonds is 2. The molecule has 3 heteroatoms. The first kappa shape index (κ1) is 13.3. The molecule has 1 aliphatic carbocycles. The van der Waals surface area contributed by atoms with Gasteiger partial charge in [-0.25, -0.2) is 9.97 Å². The number of hydrogen-bond acceptors (Lipinski definition) is 3. The van der Waals surface area contributed by atoms with Crippen molar-refractivity contribution in [3.63, 3.8) is 0 Å². The molecular formula is C15H24N2O. The van der Waals surface area contributed by atoms with E-state index in [2.05, 4.69) is 51.5 Å². The molecule has 0 spiro atoms. The van der Waals surface area contributed by atoms with E-state index >= 15 is 0 Å². The molecule has 0 aromatic carbocycles. The molecule has 1 aliphatic rings. The van der Waals surface area contributed by atoms with Gasteiger partial charge in [0.15, 0.2) is 0 Å². The van der Waals surface area contributed by atoms with E-state index in [1.54, 1.807) is 6.33 Å². The van der Waals surface area contributed by atoms with Crippen molar-refractivity contribution in [3.05, 3.63) is 17.6 Å². The molecule has 0 saturated heterocycles. The van der Waals surface area contributed by atoms with Gasteiger partial charge in [0.2, 0.25) is 5.88 Å². The van der Waals surface area contributed by atoms with Crippen LogP contribution in [0.15, 0.2) is 6.33 Å². The lowest BCUT2D eigenvalue weighted by Crippen LogP contribution is -2.27. The molecule has 100 valence electrons. The Morgan fingerprint density at radius 3 is 2.11 bits per heavy atom. The minimum Gasteiger partial charge on any atom is -0.472 e. The summed E-state index contributed by atoms with van der Waals surface area (Å²) in [4.78, 5) is 8.87. The lowest BCUT2D eigenvalue weighted by molar-refractivity contribution is 0.120. The quantitative estimate of drug-likeness (QED) is 0.798. The van der Waals surface area contributed by atoms with Gasteiger partial charge in [-0.15, -0.1) is 0 Å². The Hall–Kier alpha value is -1.12. The van der Waals surface area contributed by atoms with E-state index in [-0.39, 0.29) is 11.0 Å². The zero-order valence-electron chi connectivity index (χ0n) is 12.4. The summed E-state index contributed by atoms with van der Waals surface area (Å²) in [5.41, 5.74) is 2.16. The van der Waals surface area contributed by atoms with Crippen molar-refractivity contribution >= 4 is 0 Å². The standard InChI is InChI=1S/C15H24N2O/c1-14(2,3)11-12(10-7-8-10)16-9-17-13(11)18-15(4,5)6/h9-10H,7-8H2,1-6H3. The highest BCUT2D eigenvalue weighted by Gasteiger charge is 2.35.